The van der Waals surface area contributed by atoms with Gasteiger partial charge in [-0.1, -0.05) is 19.8 Å². The lowest BCUT2D eigenvalue weighted by Crippen LogP contribution is -2.24. The van der Waals surface area contributed by atoms with Crippen molar-refractivity contribution >= 4 is 43.8 Å². The van der Waals surface area contributed by atoms with Gasteiger partial charge in [0, 0.05) is 23.6 Å². The van der Waals surface area contributed by atoms with E-state index in [0.717, 1.165) is 24.2 Å². The van der Waals surface area contributed by atoms with E-state index in [-0.39, 0.29) is 22.4 Å². The number of rotatable bonds is 9. The molecule has 7 nitrogen and oxygen atoms in total. The Morgan fingerprint density at radius 3 is 2.61 bits per heavy atom. The van der Waals surface area contributed by atoms with Gasteiger partial charge in [0.15, 0.2) is 15.0 Å². The highest BCUT2D eigenvalue weighted by Gasteiger charge is 2.18. The summed E-state index contributed by atoms with van der Waals surface area (Å²) in [5.74, 6) is -2.18. The maximum Gasteiger partial charge on any atom is 0.241 e. The first-order chi connectivity index (χ1) is 13.2. The number of halogens is 1. The molecule has 2 amide bonds. The van der Waals surface area contributed by atoms with E-state index < -0.39 is 27.3 Å². The van der Waals surface area contributed by atoms with Gasteiger partial charge in [-0.15, -0.1) is 11.3 Å². The van der Waals surface area contributed by atoms with Gasteiger partial charge in [0.25, 0.3) is 0 Å². The van der Waals surface area contributed by atoms with Crippen LogP contribution in [0, 0.1) is 5.82 Å². The highest BCUT2D eigenvalue weighted by atomic mass is 32.2. The molecule has 0 aliphatic carbocycles. The first kappa shape index (κ1) is 22.0. The van der Waals surface area contributed by atoms with Gasteiger partial charge in [0.1, 0.15) is 11.6 Å². The number of nitrogens with zero attached hydrogens (tertiary/aromatic N) is 1. The molecule has 1 aromatic carbocycles. The normalized spacial score (nSPS) is 11.2. The van der Waals surface area contributed by atoms with Crippen LogP contribution in [-0.2, 0) is 19.4 Å². The average molecular weight is 428 g/mol. The van der Waals surface area contributed by atoms with Crippen molar-refractivity contribution in [1.29, 1.82) is 0 Å². The Hall–Kier alpha value is -2.33. The Labute approximate surface area is 167 Å². The van der Waals surface area contributed by atoms with E-state index in [4.69, 9.17) is 0 Å². The Morgan fingerprint density at radius 2 is 1.96 bits per heavy atom. The second-order valence-electron chi connectivity index (χ2n) is 6.26. The van der Waals surface area contributed by atoms with Crippen molar-refractivity contribution in [2.45, 2.75) is 33.1 Å². The van der Waals surface area contributed by atoms with Crippen molar-refractivity contribution in [3.63, 3.8) is 0 Å². The van der Waals surface area contributed by atoms with Crippen molar-refractivity contribution < 1.29 is 22.4 Å². The molecule has 0 radical (unpaired) electrons. The zero-order chi connectivity index (χ0) is 20.7. The summed E-state index contributed by atoms with van der Waals surface area (Å²) in [6, 6.07) is 4.19. The van der Waals surface area contributed by atoms with E-state index in [0.29, 0.717) is 17.8 Å². The van der Waals surface area contributed by atoms with Crippen LogP contribution >= 0.6 is 11.3 Å². The first-order valence-electron chi connectivity index (χ1n) is 8.73. The smallest absolute Gasteiger partial charge is 0.241 e. The monoisotopic (exact) mass is 427 g/mol. The molecule has 2 rings (SSSR count). The number of unbranched alkanes of at least 4 members (excludes halogenated alkanes) is 2. The minimum atomic E-state index is -3.47. The van der Waals surface area contributed by atoms with Gasteiger partial charge in [-0.3, -0.25) is 9.59 Å². The van der Waals surface area contributed by atoms with Crippen molar-refractivity contribution in [2.75, 3.05) is 22.1 Å². The molecule has 1 aromatic heterocycles. The van der Waals surface area contributed by atoms with Crippen LogP contribution in [0.3, 0.4) is 0 Å². The fraction of sp³-hybridized carbons (Fsp3) is 0.389. The van der Waals surface area contributed by atoms with E-state index >= 15 is 0 Å². The standard InChI is InChI=1S/C18H22FN3O4S2/c1-3-4-5-8-28(25,26)11-17(24)22-18-21-16(10-27-18)14-7-6-13(9-15(14)19)20-12(2)23/h6-7,9-10H,3-5,8,11H2,1-2H3,(H,20,23)(H,21,22,24). The third-order valence-corrected chi connectivity index (χ3v) is 6.10. The summed E-state index contributed by atoms with van der Waals surface area (Å²) < 4.78 is 38.1. The van der Waals surface area contributed by atoms with Gasteiger partial charge < -0.3 is 10.6 Å². The molecule has 28 heavy (non-hydrogen) atoms. The highest BCUT2D eigenvalue weighted by Crippen LogP contribution is 2.28. The number of hydrogen-bond donors (Lipinski definition) is 2. The first-order valence-corrected chi connectivity index (χ1v) is 11.4. The summed E-state index contributed by atoms with van der Waals surface area (Å²) in [4.78, 5) is 27.2. The number of benzene rings is 1. The Kier molecular flexibility index (Phi) is 7.64. The van der Waals surface area contributed by atoms with Crippen molar-refractivity contribution in [3.05, 3.63) is 29.4 Å². The maximum absolute atomic E-state index is 14.3. The number of amides is 2. The van der Waals surface area contributed by atoms with E-state index in [1.807, 2.05) is 6.92 Å². The topological polar surface area (TPSA) is 105 Å². The SMILES string of the molecule is CCCCCS(=O)(=O)CC(=O)Nc1nc(-c2ccc(NC(C)=O)cc2F)cs1. The number of aromatic nitrogens is 1. The molecule has 0 spiro atoms. The number of thiazole rings is 1. The molecule has 0 fully saturated rings. The average Bonchev–Trinajstić information content (AvgIpc) is 3.01. The molecule has 10 heteroatoms. The Balaban J connectivity index is 2.02. The number of nitrogens with one attached hydrogen (secondary N) is 2. The molecule has 0 atom stereocenters. The molecule has 0 unspecified atom stereocenters. The van der Waals surface area contributed by atoms with Crippen LogP contribution in [0.4, 0.5) is 15.2 Å². The predicted octanol–water partition coefficient (Wildman–Crippen LogP) is 3.45. The van der Waals surface area contributed by atoms with Crippen LogP contribution in [0.15, 0.2) is 23.6 Å². The summed E-state index contributed by atoms with van der Waals surface area (Å²) in [6.07, 6.45) is 2.22. The van der Waals surface area contributed by atoms with Crippen molar-refractivity contribution in [2.24, 2.45) is 0 Å². The molecule has 152 valence electrons. The van der Waals surface area contributed by atoms with Crippen LogP contribution in [-0.4, -0.2) is 36.7 Å². The zero-order valence-electron chi connectivity index (χ0n) is 15.6. The van der Waals surface area contributed by atoms with Crippen LogP contribution in [0.5, 0.6) is 0 Å². The third-order valence-electron chi connectivity index (χ3n) is 3.73. The molecular weight excluding hydrogens is 405 g/mol. The van der Waals surface area contributed by atoms with E-state index in [2.05, 4.69) is 15.6 Å². The minimum absolute atomic E-state index is 0.0246. The fourth-order valence-electron chi connectivity index (χ4n) is 2.46. The summed E-state index contributed by atoms with van der Waals surface area (Å²) in [5.41, 5.74) is 0.835. The predicted molar refractivity (Wildman–Crippen MR) is 109 cm³/mol. The van der Waals surface area contributed by atoms with Crippen molar-refractivity contribution in [1.82, 2.24) is 4.98 Å². The lowest BCUT2D eigenvalue weighted by molar-refractivity contribution is -0.114. The number of carbonyl (C=O) groups is 2. The molecule has 0 aliphatic rings. The second kappa shape index (κ2) is 9.74. The molecule has 1 heterocycles. The van der Waals surface area contributed by atoms with Crippen LogP contribution in [0.25, 0.3) is 11.3 Å². The van der Waals surface area contributed by atoms with Gasteiger partial charge in [-0.2, -0.15) is 0 Å². The molecule has 0 bridgehead atoms. The van der Waals surface area contributed by atoms with Gasteiger partial charge >= 0.3 is 0 Å². The van der Waals surface area contributed by atoms with Gasteiger partial charge in [0.2, 0.25) is 11.8 Å². The van der Waals surface area contributed by atoms with E-state index in [9.17, 15) is 22.4 Å². The molecule has 0 aliphatic heterocycles. The number of hydrogen-bond acceptors (Lipinski definition) is 6. The van der Waals surface area contributed by atoms with Gasteiger partial charge in [-0.05, 0) is 24.6 Å². The molecule has 2 aromatic rings. The summed E-state index contributed by atoms with van der Waals surface area (Å²) in [5, 5.41) is 6.68. The largest absolute Gasteiger partial charge is 0.326 e. The van der Waals surface area contributed by atoms with E-state index in [1.54, 1.807) is 11.4 Å². The highest BCUT2D eigenvalue weighted by molar-refractivity contribution is 7.92. The Bertz CT molecular complexity index is 957. The summed E-state index contributed by atoms with van der Waals surface area (Å²) in [6.45, 7) is 3.29. The number of anilines is 2. The zero-order valence-corrected chi connectivity index (χ0v) is 17.3. The van der Waals surface area contributed by atoms with Crippen LogP contribution < -0.4 is 10.6 Å². The quantitative estimate of drug-likeness (QED) is 0.596. The molecule has 0 saturated heterocycles. The Morgan fingerprint density at radius 1 is 1.21 bits per heavy atom. The van der Waals surface area contributed by atoms with Gasteiger partial charge in [0.05, 0.1) is 11.4 Å². The summed E-state index contributed by atoms with van der Waals surface area (Å²) >= 11 is 1.07. The van der Waals surface area contributed by atoms with E-state index in [1.165, 1.54) is 19.1 Å². The molecule has 0 saturated carbocycles. The lowest BCUT2D eigenvalue weighted by Gasteiger charge is -2.05. The third kappa shape index (κ3) is 6.68. The number of carbonyl (C=O) groups excluding carboxylic acids is 2. The van der Waals surface area contributed by atoms with Crippen LogP contribution in [0.2, 0.25) is 0 Å². The summed E-state index contributed by atoms with van der Waals surface area (Å²) in [7, 11) is -3.47. The minimum Gasteiger partial charge on any atom is -0.326 e. The van der Waals surface area contributed by atoms with Crippen LogP contribution in [0.1, 0.15) is 33.1 Å². The lowest BCUT2D eigenvalue weighted by atomic mass is 10.1. The second-order valence-corrected chi connectivity index (χ2v) is 9.30. The number of sulfone groups is 1. The maximum atomic E-state index is 14.3. The molecule has 2 N–H and O–H groups in total. The molecular formula is C18H22FN3O4S2. The van der Waals surface area contributed by atoms with Crippen molar-refractivity contribution in [3.8, 4) is 11.3 Å². The van der Waals surface area contributed by atoms with Gasteiger partial charge in [-0.25, -0.2) is 17.8 Å². The fourth-order valence-corrected chi connectivity index (χ4v) is 4.44.